The third-order valence-corrected chi connectivity index (χ3v) is 5.86. The second-order valence-electron chi connectivity index (χ2n) is 7.97. The number of likely N-dealkylation sites (N-methyl/N-ethyl adjacent to an activating group) is 1. The molecule has 0 radical (unpaired) electrons. The van der Waals surface area contributed by atoms with Gasteiger partial charge in [-0.2, -0.15) is 0 Å². The fourth-order valence-electron chi connectivity index (χ4n) is 3.38. The lowest BCUT2D eigenvalue weighted by atomic mass is 9.99. The Kier molecular flexibility index (Phi) is 5.79. The summed E-state index contributed by atoms with van der Waals surface area (Å²) in [5.41, 5.74) is 3.51. The SMILES string of the molecule is Cc1[nH]c(-c2nnc(C3CC3)o2)c(C)c1C(=O)c1ccc(OCCN(C)C)c(Br)c1. The Hall–Kier alpha value is -2.45. The average molecular weight is 473 g/mol. The maximum absolute atomic E-state index is 13.3. The number of carbonyl (C=O) groups is 1. The van der Waals surface area contributed by atoms with E-state index in [1.807, 2.05) is 34.0 Å². The molecule has 0 spiro atoms. The third kappa shape index (κ3) is 4.20. The Morgan fingerprint density at radius 1 is 1.30 bits per heavy atom. The molecule has 0 aliphatic heterocycles. The van der Waals surface area contributed by atoms with Gasteiger partial charge in [0.2, 0.25) is 5.89 Å². The number of nitrogens with one attached hydrogen (secondary N) is 1. The summed E-state index contributed by atoms with van der Waals surface area (Å²) in [7, 11) is 3.99. The molecule has 8 heteroatoms. The highest BCUT2D eigenvalue weighted by Crippen LogP contribution is 2.40. The molecule has 0 amide bonds. The van der Waals surface area contributed by atoms with Crippen molar-refractivity contribution in [1.29, 1.82) is 0 Å². The highest BCUT2D eigenvalue weighted by Gasteiger charge is 2.30. The molecule has 7 nitrogen and oxygen atoms in total. The minimum absolute atomic E-state index is 0.0602. The average Bonchev–Trinajstić information content (AvgIpc) is 3.36. The molecule has 4 rings (SSSR count). The molecule has 158 valence electrons. The monoisotopic (exact) mass is 472 g/mol. The molecular weight excluding hydrogens is 448 g/mol. The van der Waals surface area contributed by atoms with Gasteiger partial charge >= 0.3 is 0 Å². The van der Waals surface area contributed by atoms with Gasteiger partial charge in [-0.15, -0.1) is 10.2 Å². The van der Waals surface area contributed by atoms with Crippen LogP contribution >= 0.6 is 15.9 Å². The molecule has 30 heavy (non-hydrogen) atoms. The van der Waals surface area contributed by atoms with Crippen molar-refractivity contribution in [2.75, 3.05) is 27.2 Å². The molecule has 0 bridgehead atoms. The summed E-state index contributed by atoms with van der Waals surface area (Å²) in [4.78, 5) is 18.6. The Morgan fingerprint density at radius 3 is 2.73 bits per heavy atom. The molecule has 0 saturated heterocycles. The number of rotatable bonds is 8. The number of aryl methyl sites for hydroxylation is 1. The summed E-state index contributed by atoms with van der Waals surface area (Å²) in [6, 6.07) is 5.42. The van der Waals surface area contributed by atoms with Gasteiger partial charge in [-0.05, 0) is 80.5 Å². The molecule has 1 aromatic carbocycles. The van der Waals surface area contributed by atoms with E-state index in [1.54, 1.807) is 12.1 Å². The normalized spacial score (nSPS) is 13.8. The topological polar surface area (TPSA) is 84.2 Å². The number of aromatic amines is 1. The summed E-state index contributed by atoms with van der Waals surface area (Å²) < 4.78 is 12.4. The molecule has 1 N–H and O–H groups in total. The van der Waals surface area contributed by atoms with E-state index in [0.29, 0.717) is 41.1 Å². The van der Waals surface area contributed by atoms with Crippen molar-refractivity contribution in [3.8, 4) is 17.3 Å². The summed E-state index contributed by atoms with van der Waals surface area (Å²) in [6.07, 6.45) is 2.19. The van der Waals surface area contributed by atoms with Gasteiger partial charge in [0.1, 0.15) is 18.1 Å². The molecule has 1 fully saturated rings. The number of halogens is 1. The minimum atomic E-state index is -0.0602. The molecule has 1 aliphatic rings. The van der Waals surface area contributed by atoms with Gasteiger partial charge in [0.25, 0.3) is 5.89 Å². The van der Waals surface area contributed by atoms with E-state index >= 15 is 0 Å². The second-order valence-corrected chi connectivity index (χ2v) is 8.83. The van der Waals surface area contributed by atoms with Crippen LogP contribution < -0.4 is 4.74 Å². The molecular formula is C22H25BrN4O3. The highest BCUT2D eigenvalue weighted by atomic mass is 79.9. The van der Waals surface area contributed by atoms with E-state index in [0.717, 1.165) is 40.9 Å². The van der Waals surface area contributed by atoms with Gasteiger partial charge in [0.05, 0.1) is 4.47 Å². The maximum Gasteiger partial charge on any atom is 0.264 e. The largest absolute Gasteiger partial charge is 0.491 e. The van der Waals surface area contributed by atoms with E-state index in [9.17, 15) is 4.79 Å². The standard InChI is InChI=1S/C22H25BrN4O3/c1-12-18(13(2)24-19(12)22-26-25-21(30-22)14-5-6-14)20(28)15-7-8-17(16(23)11-15)29-10-9-27(3)4/h7-8,11,14,24H,5-6,9-10H2,1-4H3. The van der Waals surface area contributed by atoms with Crippen LogP contribution in [0.2, 0.25) is 0 Å². The zero-order valence-electron chi connectivity index (χ0n) is 17.6. The van der Waals surface area contributed by atoms with Crippen molar-refractivity contribution in [1.82, 2.24) is 20.1 Å². The summed E-state index contributed by atoms with van der Waals surface area (Å²) in [5, 5.41) is 8.32. The lowest BCUT2D eigenvalue weighted by Gasteiger charge is -2.12. The molecule has 0 atom stereocenters. The van der Waals surface area contributed by atoms with Gasteiger partial charge in [-0.25, -0.2) is 0 Å². The Balaban J connectivity index is 1.57. The van der Waals surface area contributed by atoms with Crippen molar-refractivity contribution < 1.29 is 13.9 Å². The maximum atomic E-state index is 13.3. The number of hydrogen-bond acceptors (Lipinski definition) is 6. The predicted molar refractivity (Wildman–Crippen MR) is 117 cm³/mol. The third-order valence-electron chi connectivity index (χ3n) is 5.24. The van der Waals surface area contributed by atoms with Crippen LogP contribution in [0.3, 0.4) is 0 Å². The zero-order chi connectivity index (χ0) is 21.4. The van der Waals surface area contributed by atoms with Crippen LogP contribution in [0.15, 0.2) is 27.1 Å². The molecule has 2 aromatic heterocycles. The molecule has 1 aliphatic carbocycles. The molecule has 0 unspecified atom stereocenters. The zero-order valence-corrected chi connectivity index (χ0v) is 19.2. The van der Waals surface area contributed by atoms with Crippen molar-refractivity contribution in [3.63, 3.8) is 0 Å². The van der Waals surface area contributed by atoms with Gasteiger partial charge in [0, 0.05) is 29.3 Å². The van der Waals surface area contributed by atoms with Crippen molar-refractivity contribution in [2.45, 2.75) is 32.6 Å². The number of H-pyrrole nitrogens is 1. The lowest BCUT2D eigenvalue weighted by Crippen LogP contribution is -2.19. The fourth-order valence-corrected chi connectivity index (χ4v) is 3.87. The number of benzene rings is 1. The van der Waals surface area contributed by atoms with E-state index in [1.165, 1.54) is 0 Å². The smallest absolute Gasteiger partial charge is 0.264 e. The first-order valence-electron chi connectivity index (χ1n) is 10.00. The van der Waals surface area contributed by atoms with E-state index < -0.39 is 0 Å². The summed E-state index contributed by atoms with van der Waals surface area (Å²) in [5.74, 6) is 2.16. The van der Waals surface area contributed by atoms with E-state index in [-0.39, 0.29) is 5.78 Å². The molecule has 1 saturated carbocycles. The van der Waals surface area contributed by atoms with E-state index in [4.69, 9.17) is 9.15 Å². The molecule has 2 heterocycles. The first-order valence-corrected chi connectivity index (χ1v) is 10.8. The molecule has 3 aromatic rings. The first kappa shape index (κ1) is 20.8. The number of ether oxygens (including phenoxy) is 1. The van der Waals surface area contributed by atoms with Crippen LogP contribution in [0.25, 0.3) is 11.6 Å². The van der Waals surface area contributed by atoms with Crippen LogP contribution in [0.5, 0.6) is 5.75 Å². The Morgan fingerprint density at radius 2 is 2.07 bits per heavy atom. The number of ketones is 1. The van der Waals surface area contributed by atoms with Crippen molar-refractivity contribution in [3.05, 3.63) is 50.9 Å². The van der Waals surface area contributed by atoms with Crippen molar-refractivity contribution in [2.24, 2.45) is 0 Å². The summed E-state index contributed by atoms with van der Waals surface area (Å²) in [6.45, 7) is 5.18. The number of carbonyl (C=O) groups excluding carboxylic acids is 1. The Labute approximate surface area is 184 Å². The van der Waals surface area contributed by atoms with Crippen LogP contribution in [-0.4, -0.2) is 53.1 Å². The van der Waals surface area contributed by atoms with Gasteiger partial charge < -0.3 is 19.0 Å². The van der Waals surface area contributed by atoms with Crippen LogP contribution in [-0.2, 0) is 0 Å². The van der Waals surface area contributed by atoms with Crippen LogP contribution in [0.4, 0.5) is 0 Å². The highest BCUT2D eigenvalue weighted by molar-refractivity contribution is 9.10. The number of hydrogen-bond donors (Lipinski definition) is 1. The number of nitrogens with zero attached hydrogens (tertiary/aromatic N) is 3. The predicted octanol–water partition coefficient (Wildman–Crippen LogP) is 4.49. The quantitative estimate of drug-likeness (QED) is 0.486. The van der Waals surface area contributed by atoms with Crippen LogP contribution in [0.1, 0.15) is 51.8 Å². The van der Waals surface area contributed by atoms with Gasteiger partial charge in [0.15, 0.2) is 5.78 Å². The van der Waals surface area contributed by atoms with E-state index in [2.05, 4.69) is 36.0 Å². The summed E-state index contributed by atoms with van der Waals surface area (Å²) >= 11 is 3.52. The number of aromatic nitrogens is 3. The first-order chi connectivity index (χ1) is 14.3. The van der Waals surface area contributed by atoms with Crippen molar-refractivity contribution >= 4 is 21.7 Å². The van der Waals surface area contributed by atoms with Gasteiger partial charge in [-0.1, -0.05) is 0 Å². The van der Waals surface area contributed by atoms with Crippen LogP contribution in [0, 0.1) is 13.8 Å². The Bertz CT molecular complexity index is 1080. The minimum Gasteiger partial charge on any atom is -0.491 e. The van der Waals surface area contributed by atoms with Gasteiger partial charge in [-0.3, -0.25) is 4.79 Å². The second kappa shape index (κ2) is 8.35. The fraction of sp³-hybridized carbons (Fsp3) is 0.409. The lowest BCUT2D eigenvalue weighted by molar-refractivity contribution is 0.103.